The molecule has 0 saturated carbocycles. The molecule has 0 radical (unpaired) electrons. The minimum atomic E-state index is -0.335. The molecule has 0 unspecified atom stereocenters. The summed E-state index contributed by atoms with van der Waals surface area (Å²) < 4.78 is 18.8. The van der Waals surface area contributed by atoms with Gasteiger partial charge in [-0.2, -0.15) is 0 Å². The van der Waals surface area contributed by atoms with Crippen LogP contribution in [-0.4, -0.2) is 17.5 Å². The van der Waals surface area contributed by atoms with Crippen molar-refractivity contribution in [2.24, 2.45) is 0 Å². The molecule has 1 heterocycles. The predicted octanol–water partition coefficient (Wildman–Crippen LogP) is 5.32. The van der Waals surface area contributed by atoms with Crippen LogP contribution >= 0.6 is 22.9 Å². The van der Waals surface area contributed by atoms with Crippen LogP contribution in [0.3, 0.4) is 0 Å². The quantitative estimate of drug-likeness (QED) is 0.579. The number of hydrogen-bond donors (Lipinski definition) is 1. The van der Waals surface area contributed by atoms with Gasteiger partial charge in [-0.25, -0.2) is 9.37 Å². The molecule has 4 nitrogen and oxygen atoms in total. The predicted molar refractivity (Wildman–Crippen MR) is 106 cm³/mol. The molecule has 0 saturated heterocycles. The highest BCUT2D eigenvalue weighted by Gasteiger charge is 2.14. The fraction of sp³-hybridized carbons (Fsp3) is 0.200. The summed E-state index contributed by atoms with van der Waals surface area (Å²) in [5.74, 6) is 0.0506. The Kier molecular flexibility index (Phi) is 6.42. The number of aromatic nitrogens is 1. The van der Waals surface area contributed by atoms with Gasteiger partial charge in [0.15, 0.2) is 0 Å². The Hall–Kier alpha value is -2.44. The second kappa shape index (κ2) is 8.97. The van der Waals surface area contributed by atoms with E-state index in [0.29, 0.717) is 33.6 Å². The smallest absolute Gasteiger partial charge is 0.271 e. The van der Waals surface area contributed by atoms with Gasteiger partial charge in [0.25, 0.3) is 5.91 Å². The van der Waals surface area contributed by atoms with Crippen LogP contribution in [0, 0.1) is 5.82 Å². The molecule has 1 N–H and O–H groups in total. The minimum absolute atomic E-state index is 0.230. The van der Waals surface area contributed by atoms with E-state index in [9.17, 15) is 9.18 Å². The van der Waals surface area contributed by atoms with Crippen LogP contribution in [0.1, 0.15) is 29.4 Å². The zero-order valence-electron chi connectivity index (χ0n) is 14.7. The highest BCUT2D eigenvalue weighted by molar-refractivity contribution is 7.13. The van der Waals surface area contributed by atoms with Gasteiger partial charge in [-0.15, -0.1) is 11.3 Å². The SMILES string of the molecule is CCCOc1ccc(-c2nc(C(=O)NCc3cccc(F)c3)cs2)c(Cl)c1. The van der Waals surface area contributed by atoms with Gasteiger partial charge < -0.3 is 10.1 Å². The van der Waals surface area contributed by atoms with Crippen molar-refractivity contribution < 1.29 is 13.9 Å². The Balaban J connectivity index is 1.68. The van der Waals surface area contributed by atoms with E-state index in [1.807, 2.05) is 19.1 Å². The fourth-order valence-corrected chi connectivity index (χ4v) is 3.56. The van der Waals surface area contributed by atoms with E-state index in [-0.39, 0.29) is 18.3 Å². The van der Waals surface area contributed by atoms with Gasteiger partial charge >= 0.3 is 0 Å². The van der Waals surface area contributed by atoms with Crippen LogP contribution in [0.2, 0.25) is 5.02 Å². The molecule has 27 heavy (non-hydrogen) atoms. The maximum atomic E-state index is 13.2. The molecule has 2 aromatic carbocycles. The monoisotopic (exact) mass is 404 g/mol. The number of halogens is 2. The third-order valence-electron chi connectivity index (χ3n) is 3.72. The number of nitrogens with zero attached hydrogens (tertiary/aromatic N) is 1. The van der Waals surface area contributed by atoms with Crippen LogP contribution in [0.15, 0.2) is 47.8 Å². The zero-order valence-corrected chi connectivity index (χ0v) is 16.2. The van der Waals surface area contributed by atoms with E-state index in [4.69, 9.17) is 16.3 Å². The Morgan fingerprint density at radius 1 is 1.30 bits per heavy atom. The Morgan fingerprint density at radius 2 is 2.15 bits per heavy atom. The molecule has 0 bridgehead atoms. The summed E-state index contributed by atoms with van der Waals surface area (Å²) in [6.45, 7) is 2.89. The molecule has 1 amide bonds. The molecular formula is C20H18ClFN2O2S. The van der Waals surface area contributed by atoms with E-state index >= 15 is 0 Å². The number of ether oxygens (including phenoxy) is 1. The van der Waals surface area contributed by atoms with E-state index in [2.05, 4.69) is 10.3 Å². The number of amides is 1. The molecule has 3 aromatic rings. The zero-order chi connectivity index (χ0) is 19.2. The summed E-state index contributed by atoms with van der Waals surface area (Å²) in [7, 11) is 0. The van der Waals surface area contributed by atoms with Crippen molar-refractivity contribution in [1.82, 2.24) is 10.3 Å². The van der Waals surface area contributed by atoms with E-state index < -0.39 is 0 Å². The highest BCUT2D eigenvalue weighted by atomic mass is 35.5. The second-order valence-electron chi connectivity index (χ2n) is 5.84. The maximum Gasteiger partial charge on any atom is 0.271 e. The third kappa shape index (κ3) is 5.05. The number of hydrogen-bond acceptors (Lipinski definition) is 4. The first kappa shape index (κ1) is 19.3. The molecule has 0 spiro atoms. The minimum Gasteiger partial charge on any atom is -0.494 e. The topological polar surface area (TPSA) is 51.2 Å². The average Bonchev–Trinajstić information content (AvgIpc) is 3.14. The summed E-state index contributed by atoms with van der Waals surface area (Å²) in [6.07, 6.45) is 0.917. The van der Waals surface area contributed by atoms with Crippen molar-refractivity contribution in [2.45, 2.75) is 19.9 Å². The molecule has 140 valence electrons. The average molecular weight is 405 g/mol. The van der Waals surface area contributed by atoms with Crippen LogP contribution in [-0.2, 0) is 6.54 Å². The Labute approximate surface area is 166 Å². The van der Waals surface area contributed by atoms with E-state index in [0.717, 1.165) is 12.0 Å². The standard InChI is InChI=1S/C20H18ClFN2O2S/c1-2-8-26-15-6-7-16(17(21)10-15)20-24-18(12-27-20)19(25)23-11-13-4-3-5-14(22)9-13/h3-7,9-10,12H,2,8,11H2,1H3,(H,23,25). The second-order valence-corrected chi connectivity index (χ2v) is 7.11. The Morgan fingerprint density at radius 3 is 2.89 bits per heavy atom. The lowest BCUT2D eigenvalue weighted by Crippen LogP contribution is -2.23. The number of thiazole rings is 1. The van der Waals surface area contributed by atoms with Crippen molar-refractivity contribution in [2.75, 3.05) is 6.61 Å². The maximum absolute atomic E-state index is 13.2. The number of carbonyl (C=O) groups is 1. The molecule has 0 aliphatic rings. The summed E-state index contributed by atoms with van der Waals surface area (Å²) in [5.41, 5.74) is 1.73. The van der Waals surface area contributed by atoms with Crippen LogP contribution in [0.25, 0.3) is 10.6 Å². The van der Waals surface area contributed by atoms with Gasteiger partial charge in [-0.3, -0.25) is 4.79 Å². The lowest BCUT2D eigenvalue weighted by Gasteiger charge is -2.07. The molecule has 0 aliphatic carbocycles. The van der Waals surface area contributed by atoms with Gasteiger partial charge in [0.1, 0.15) is 22.3 Å². The summed E-state index contributed by atoms with van der Waals surface area (Å²) in [6, 6.07) is 11.5. The molecule has 7 heteroatoms. The van der Waals surface area contributed by atoms with Crippen molar-refractivity contribution in [1.29, 1.82) is 0 Å². The highest BCUT2D eigenvalue weighted by Crippen LogP contribution is 2.33. The number of carbonyl (C=O) groups excluding carboxylic acids is 1. The largest absolute Gasteiger partial charge is 0.494 e. The molecular weight excluding hydrogens is 387 g/mol. The molecule has 0 fully saturated rings. The van der Waals surface area contributed by atoms with Crippen molar-refractivity contribution >= 4 is 28.8 Å². The van der Waals surface area contributed by atoms with Crippen LogP contribution < -0.4 is 10.1 Å². The van der Waals surface area contributed by atoms with Gasteiger partial charge in [-0.05, 0) is 42.3 Å². The first-order valence-corrected chi connectivity index (χ1v) is 9.73. The number of benzene rings is 2. The third-order valence-corrected chi connectivity index (χ3v) is 4.91. The van der Waals surface area contributed by atoms with Crippen molar-refractivity contribution in [3.63, 3.8) is 0 Å². The lowest BCUT2D eigenvalue weighted by atomic mass is 10.2. The summed E-state index contributed by atoms with van der Waals surface area (Å²) in [4.78, 5) is 16.7. The van der Waals surface area contributed by atoms with Gasteiger partial charge in [0.2, 0.25) is 0 Å². The van der Waals surface area contributed by atoms with Gasteiger partial charge in [0, 0.05) is 17.5 Å². The van der Waals surface area contributed by atoms with Crippen molar-refractivity contribution in [3.8, 4) is 16.3 Å². The van der Waals surface area contributed by atoms with E-state index in [1.165, 1.54) is 23.5 Å². The molecule has 3 rings (SSSR count). The van der Waals surface area contributed by atoms with Crippen molar-refractivity contribution in [3.05, 3.63) is 69.9 Å². The Bertz CT molecular complexity index is 945. The molecule has 0 aliphatic heterocycles. The number of rotatable bonds is 7. The first-order chi connectivity index (χ1) is 13.1. The molecule has 0 atom stereocenters. The van der Waals surface area contributed by atoms with Gasteiger partial charge in [-0.1, -0.05) is 30.7 Å². The number of nitrogens with one attached hydrogen (secondary N) is 1. The molecule has 1 aromatic heterocycles. The fourth-order valence-electron chi connectivity index (χ4n) is 2.40. The van der Waals surface area contributed by atoms with Crippen LogP contribution in [0.5, 0.6) is 5.75 Å². The van der Waals surface area contributed by atoms with Gasteiger partial charge in [0.05, 0.1) is 11.6 Å². The lowest BCUT2D eigenvalue weighted by molar-refractivity contribution is 0.0946. The van der Waals surface area contributed by atoms with E-state index in [1.54, 1.807) is 23.6 Å². The first-order valence-electron chi connectivity index (χ1n) is 8.47. The summed E-state index contributed by atoms with van der Waals surface area (Å²) >= 11 is 7.67. The summed E-state index contributed by atoms with van der Waals surface area (Å²) in [5, 5.41) is 5.58. The van der Waals surface area contributed by atoms with Crippen LogP contribution in [0.4, 0.5) is 4.39 Å². The normalized spacial score (nSPS) is 10.6.